The van der Waals surface area contributed by atoms with Crippen LogP contribution in [0.25, 0.3) is 0 Å². The maximum absolute atomic E-state index is 12.0. The number of aliphatic imine (C=N–C) groups is 1. The first-order valence-corrected chi connectivity index (χ1v) is 8.21. The van der Waals surface area contributed by atoms with Crippen molar-refractivity contribution in [3.05, 3.63) is 26.4 Å². The molecule has 0 bridgehead atoms. The number of rotatable bonds is 9. The molecule has 1 aromatic rings. The molecule has 1 aromatic heterocycles. The second-order valence-electron chi connectivity index (χ2n) is 5.89. The summed E-state index contributed by atoms with van der Waals surface area (Å²) in [5, 5.41) is 0. The molecule has 0 fully saturated rings. The molecule has 24 heavy (non-hydrogen) atoms. The van der Waals surface area contributed by atoms with E-state index >= 15 is 0 Å². The molecule has 1 rings (SSSR count). The molecule has 0 aliphatic carbocycles. The zero-order chi connectivity index (χ0) is 18.3. The molecular weight excluding hydrogens is 310 g/mol. The van der Waals surface area contributed by atoms with Gasteiger partial charge in [-0.05, 0) is 32.6 Å². The molecule has 0 spiro atoms. The van der Waals surface area contributed by atoms with E-state index in [2.05, 4.69) is 4.99 Å². The molecule has 0 aliphatic heterocycles. The molecule has 2 unspecified atom stereocenters. The number of hydrogen-bond donors (Lipinski definition) is 0. The third-order valence-corrected chi connectivity index (χ3v) is 4.12. The van der Waals surface area contributed by atoms with Crippen LogP contribution < -0.4 is 11.2 Å². The number of carbonyl (C=O) groups is 1. The Bertz CT molecular complexity index is 666. The average Bonchev–Trinajstić information content (AvgIpc) is 2.59. The van der Waals surface area contributed by atoms with E-state index in [1.54, 1.807) is 20.2 Å². The van der Waals surface area contributed by atoms with Crippen molar-refractivity contribution in [3.63, 3.8) is 0 Å². The van der Waals surface area contributed by atoms with Gasteiger partial charge in [-0.25, -0.2) is 9.79 Å². The van der Waals surface area contributed by atoms with Crippen LogP contribution in [0.2, 0.25) is 0 Å². The summed E-state index contributed by atoms with van der Waals surface area (Å²) in [7, 11) is 3.04. The van der Waals surface area contributed by atoms with Gasteiger partial charge in [0.25, 0.3) is 5.56 Å². The lowest BCUT2D eigenvalue weighted by Crippen LogP contribution is -2.38. The van der Waals surface area contributed by atoms with Crippen molar-refractivity contribution in [3.8, 4) is 0 Å². The predicted molar refractivity (Wildman–Crippen MR) is 94.3 cm³/mol. The maximum atomic E-state index is 12.0. The Balaban J connectivity index is 3.04. The lowest BCUT2D eigenvalue weighted by molar-refractivity contribution is -0.113. The highest BCUT2D eigenvalue weighted by molar-refractivity contribution is 5.66. The van der Waals surface area contributed by atoms with E-state index in [1.807, 2.05) is 13.8 Å². The first kappa shape index (κ1) is 20.0. The molecule has 0 N–H and O–H groups in total. The minimum Gasteiger partial charge on any atom is -0.381 e. The normalized spacial score (nSPS) is 14.0. The molecule has 0 amide bonds. The molecule has 7 heteroatoms. The highest BCUT2D eigenvalue weighted by Crippen LogP contribution is 2.17. The lowest BCUT2D eigenvalue weighted by Gasteiger charge is -2.15. The Morgan fingerprint density at radius 3 is 2.38 bits per heavy atom. The van der Waals surface area contributed by atoms with E-state index in [1.165, 1.54) is 11.6 Å². The monoisotopic (exact) mass is 337 g/mol. The van der Waals surface area contributed by atoms with Crippen LogP contribution in [0.5, 0.6) is 0 Å². The molecule has 134 valence electrons. The number of hydrogen-bond acceptors (Lipinski definition) is 5. The van der Waals surface area contributed by atoms with E-state index in [0.29, 0.717) is 31.0 Å². The molecular formula is C17H27N3O4. The Labute approximate surface area is 142 Å². The quantitative estimate of drug-likeness (QED) is 0.503. The van der Waals surface area contributed by atoms with Gasteiger partial charge in [0.15, 0.2) is 0 Å². The van der Waals surface area contributed by atoms with Crippen LogP contribution in [0.4, 0.5) is 5.82 Å². The fourth-order valence-corrected chi connectivity index (χ4v) is 2.51. The van der Waals surface area contributed by atoms with Crippen LogP contribution >= 0.6 is 0 Å². The van der Waals surface area contributed by atoms with Gasteiger partial charge in [0.2, 0.25) is 0 Å². The fourth-order valence-electron chi connectivity index (χ4n) is 2.51. The van der Waals surface area contributed by atoms with Crippen molar-refractivity contribution in [1.82, 2.24) is 9.13 Å². The van der Waals surface area contributed by atoms with E-state index in [0.717, 1.165) is 17.3 Å². The van der Waals surface area contributed by atoms with Gasteiger partial charge >= 0.3 is 5.69 Å². The van der Waals surface area contributed by atoms with Gasteiger partial charge in [-0.2, -0.15) is 0 Å². The van der Waals surface area contributed by atoms with Crippen molar-refractivity contribution in [2.75, 3.05) is 13.2 Å². The van der Waals surface area contributed by atoms with Gasteiger partial charge in [-0.1, -0.05) is 6.92 Å². The molecule has 0 saturated carbocycles. The van der Waals surface area contributed by atoms with Crippen LogP contribution in [0.15, 0.2) is 14.6 Å². The van der Waals surface area contributed by atoms with Gasteiger partial charge in [-0.3, -0.25) is 13.9 Å². The molecule has 1 heterocycles. The lowest BCUT2D eigenvalue weighted by atomic mass is 9.95. The van der Waals surface area contributed by atoms with Gasteiger partial charge in [0, 0.05) is 32.8 Å². The van der Waals surface area contributed by atoms with E-state index in [-0.39, 0.29) is 17.4 Å². The summed E-state index contributed by atoms with van der Waals surface area (Å²) in [4.78, 5) is 39.6. The Kier molecular flexibility index (Phi) is 7.78. The van der Waals surface area contributed by atoms with Crippen molar-refractivity contribution >= 4 is 18.3 Å². The van der Waals surface area contributed by atoms with Crippen LogP contribution in [-0.4, -0.2) is 34.8 Å². The van der Waals surface area contributed by atoms with Gasteiger partial charge in [-0.15, -0.1) is 0 Å². The van der Waals surface area contributed by atoms with Crippen molar-refractivity contribution in [2.45, 2.75) is 33.6 Å². The minimum absolute atomic E-state index is 0.0687. The summed E-state index contributed by atoms with van der Waals surface area (Å²) in [5.74, 6) is 0.239. The third-order valence-electron chi connectivity index (χ3n) is 4.12. The SMILES string of the molecule is CCOCC(C=O)CC(/C=N\c1c(C)c(=O)n(C)c(=O)n1C)CC. The van der Waals surface area contributed by atoms with E-state index in [9.17, 15) is 14.4 Å². The van der Waals surface area contributed by atoms with Crippen LogP contribution in [0.1, 0.15) is 32.3 Å². The van der Waals surface area contributed by atoms with Gasteiger partial charge in [0.05, 0.1) is 12.2 Å². The number of carbonyl (C=O) groups excluding carboxylic acids is 1. The molecule has 0 aliphatic rings. The first-order valence-electron chi connectivity index (χ1n) is 8.21. The van der Waals surface area contributed by atoms with Gasteiger partial charge in [0.1, 0.15) is 12.1 Å². The summed E-state index contributed by atoms with van der Waals surface area (Å²) in [6, 6.07) is 0. The van der Waals surface area contributed by atoms with Crippen LogP contribution in [0.3, 0.4) is 0 Å². The molecule has 0 radical (unpaired) electrons. The molecule has 0 aromatic carbocycles. The van der Waals surface area contributed by atoms with Crippen LogP contribution in [-0.2, 0) is 23.6 Å². The summed E-state index contributed by atoms with van der Waals surface area (Å²) in [6.45, 7) is 6.52. The zero-order valence-electron chi connectivity index (χ0n) is 15.1. The minimum atomic E-state index is -0.409. The summed E-state index contributed by atoms with van der Waals surface area (Å²) < 4.78 is 7.74. The van der Waals surface area contributed by atoms with Crippen molar-refractivity contribution in [2.24, 2.45) is 30.9 Å². The standard InChI is InChI=1S/C17H27N3O4/c1-6-13(8-14(10-21)11-24-7-2)9-18-15-12(3)16(22)20(5)17(23)19(15)4/h9-10,13-14H,6-8,11H2,1-5H3/b18-9-. The van der Waals surface area contributed by atoms with Crippen molar-refractivity contribution in [1.29, 1.82) is 0 Å². The predicted octanol–water partition coefficient (Wildman–Crippen LogP) is 1.36. The van der Waals surface area contributed by atoms with Crippen LogP contribution in [0, 0.1) is 18.8 Å². The molecule has 7 nitrogen and oxygen atoms in total. The Morgan fingerprint density at radius 2 is 1.83 bits per heavy atom. The first-order chi connectivity index (χ1) is 11.4. The van der Waals surface area contributed by atoms with Crippen molar-refractivity contribution < 1.29 is 9.53 Å². The second-order valence-corrected chi connectivity index (χ2v) is 5.89. The number of aromatic nitrogens is 2. The zero-order valence-corrected chi connectivity index (χ0v) is 15.1. The molecule has 0 saturated heterocycles. The molecule has 2 atom stereocenters. The highest BCUT2D eigenvalue weighted by atomic mass is 16.5. The largest absolute Gasteiger partial charge is 0.381 e. The summed E-state index contributed by atoms with van der Waals surface area (Å²) in [5.41, 5.74) is -0.333. The number of nitrogens with zero attached hydrogens (tertiary/aromatic N) is 3. The second kappa shape index (κ2) is 9.32. The number of ether oxygens (including phenoxy) is 1. The number of aldehydes is 1. The third kappa shape index (κ3) is 4.74. The smallest absolute Gasteiger partial charge is 0.332 e. The summed E-state index contributed by atoms with van der Waals surface area (Å²) >= 11 is 0. The maximum Gasteiger partial charge on any atom is 0.332 e. The average molecular weight is 337 g/mol. The van der Waals surface area contributed by atoms with E-state index in [4.69, 9.17) is 4.74 Å². The Morgan fingerprint density at radius 1 is 1.17 bits per heavy atom. The van der Waals surface area contributed by atoms with Gasteiger partial charge < -0.3 is 9.53 Å². The highest BCUT2D eigenvalue weighted by Gasteiger charge is 2.15. The summed E-state index contributed by atoms with van der Waals surface area (Å²) in [6.07, 6.45) is 4.06. The fraction of sp³-hybridized carbons (Fsp3) is 0.647. The van der Waals surface area contributed by atoms with E-state index < -0.39 is 5.69 Å². The Hall–Kier alpha value is -2.02. The topological polar surface area (TPSA) is 82.7 Å².